The molecule has 0 bridgehead atoms. The van der Waals surface area contributed by atoms with Crippen LogP contribution in [-0.4, -0.2) is 14.8 Å². The van der Waals surface area contributed by atoms with Gasteiger partial charge in [0, 0.05) is 27.6 Å². The van der Waals surface area contributed by atoms with Gasteiger partial charge in [-0.3, -0.25) is 4.98 Å². The minimum absolute atomic E-state index is 0.101. The average Bonchev–Trinajstić information content (AvgIpc) is 3.14. The SMILES string of the molecule is CC(C)(C)c1ccc(-n2nc(-c3ccccc3)c3cnc4ccc(Cl)cc4c32)cc1. The summed E-state index contributed by atoms with van der Waals surface area (Å²) < 4.78 is 2.02. The third-order valence-corrected chi connectivity index (χ3v) is 5.73. The molecule has 0 unspecified atom stereocenters. The van der Waals surface area contributed by atoms with Gasteiger partial charge in [0.05, 0.1) is 16.7 Å². The lowest BCUT2D eigenvalue weighted by molar-refractivity contribution is 0.590. The van der Waals surface area contributed by atoms with E-state index < -0.39 is 0 Å². The number of halogens is 1. The predicted octanol–water partition coefficient (Wildman–Crippen LogP) is 7.19. The number of aromatic nitrogens is 3. The fourth-order valence-electron chi connectivity index (χ4n) is 3.85. The first-order valence-electron chi connectivity index (χ1n) is 10.1. The van der Waals surface area contributed by atoms with E-state index in [9.17, 15) is 0 Å². The molecule has 0 saturated carbocycles. The zero-order chi connectivity index (χ0) is 20.9. The number of pyridine rings is 1. The Bertz CT molecular complexity index is 1360. The van der Waals surface area contributed by atoms with Gasteiger partial charge in [0.25, 0.3) is 0 Å². The van der Waals surface area contributed by atoms with Crippen molar-refractivity contribution in [3.8, 4) is 16.9 Å². The maximum absolute atomic E-state index is 6.35. The molecule has 0 amide bonds. The zero-order valence-corrected chi connectivity index (χ0v) is 18.0. The van der Waals surface area contributed by atoms with E-state index in [0.717, 1.165) is 38.8 Å². The van der Waals surface area contributed by atoms with Crippen molar-refractivity contribution in [3.05, 3.63) is 89.6 Å². The Labute approximate surface area is 180 Å². The Morgan fingerprint density at radius 2 is 1.57 bits per heavy atom. The van der Waals surface area contributed by atoms with Gasteiger partial charge in [-0.2, -0.15) is 5.10 Å². The first-order valence-corrected chi connectivity index (χ1v) is 10.4. The van der Waals surface area contributed by atoms with Crippen LogP contribution in [0.5, 0.6) is 0 Å². The fraction of sp³-hybridized carbons (Fsp3) is 0.154. The van der Waals surface area contributed by atoms with Crippen LogP contribution in [-0.2, 0) is 5.41 Å². The molecule has 0 spiro atoms. The van der Waals surface area contributed by atoms with Crippen molar-refractivity contribution in [1.82, 2.24) is 14.8 Å². The van der Waals surface area contributed by atoms with Crippen molar-refractivity contribution in [1.29, 1.82) is 0 Å². The van der Waals surface area contributed by atoms with Crippen LogP contribution in [0.25, 0.3) is 38.8 Å². The largest absolute Gasteiger partial charge is 0.255 e. The molecule has 30 heavy (non-hydrogen) atoms. The Balaban J connectivity index is 1.83. The van der Waals surface area contributed by atoms with Gasteiger partial charge in [-0.05, 0) is 41.3 Å². The van der Waals surface area contributed by atoms with Crippen molar-refractivity contribution in [2.45, 2.75) is 26.2 Å². The maximum atomic E-state index is 6.35. The molecule has 2 aromatic heterocycles. The van der Waals surface area contributed by atoms with Crippen molar-refractivity contribution in [3.63, 3.8) is 0 Å². The van der Waals surface area contributed by atoms with Crippen LogP contribution in [0, 0.1) is 0 Å². The topological polar surface area (TPSA) is 30.7 Å². The molecule has 0 aliphatic carbocycles. The van der Waals surface area contributed by atoms with Crippen LogP contribution >= 0.6 is 11.6 Å². The van der Waals surface area contributed by atoms with E-state index in [1.54, 1.807) is 0 Å². The monoisotopic (exact) mass is 411 g/mol. The Morgan fingerprint density at radius 1 is 0.833 bits per heavy atom. The van der Waals surface area contributed by atoms with Gasteiger partial charge in [0.2, 0.25) is 0 Å². The van der Waals surface area contributed by atoms with E-state index in [-0.39, 0.29) is 5.41 Å². The number of benzene rings is 3. The summed E-state index contributed by atoms with van der Waals surface area (Å²) in [4.78, 5) is 4.68. The Kier molecular flexibility index (Phi) is 4.37. The summed E-state index contributed by atoms with van der Waals surface area (Å²) in [6.45, 7) is 6.67. The minimum atomic E-state index is 0.101. The first kappa shape index (κ1) is 18.8. The highest BCUT2D eigenvalue weighted by molar-refractivity contribution is 6.31. The van der Waals surface area contributed by atoms with E-state index in [2.05, 4.69) is 62.2 Å². The first-order chi connectivity index (χ1) is 14.4. The molecule has 0 radical (unpaired) electrons. The summed E-state index contributed by atoms with van der Waals surface area (Å²) in [7, 11) is 0. The quantitative estimate of drug-likeness (QED) is 0.307. The summed E-state index contributed by atoms with van der Waals surface area (Å²) in [6.07, 6.45) is 1.92. The van der Waals surface area contributed by atoms with Crippen LogP contribution in [0.3, 0.4) is 0 Å². The lowest BCUT2D eigenvalue weighted by Gasteiger charge is -2.19. The number of hydrogen-bond acceptors (Lipinski definition) is 2. The van der Waals surface area contributed by atoms with Crippen LogP contribution in [0.4, 0.5) is 0 Å². The average molecular weight is 412 g/mol. The predicted molar refractivity (Wildman–Crippen MR) is 126 cm³/mol. The van der Waals surface area contributed by atoms with Gasteiger partial charge < -0.3 is 0 Å². The standard InChI is InChI=1S/C26H22ClN3/c1-26(2,3)18-9-12-20(13-10-18)30-25-21-15-19(27)11-14-23(21)28-16-22(25)24(29-30)17-7-5-4-6-8-17/h4-16H,1-3H3. The second-order valence-electron chi connectivity index (χ2n) is 8.61. The van der Waals surface area contributed by atoms with Gasteiger partial charge >= 0.3 is 0 Å². The molecule has 3 nitrogen and oxygen atoms in total. The van der Waals surface area contributed by atoms with Gasteiger partial charge in [-0.15, -0.1) is 0 Å². The zero-order valence-electron chi connectivity index (χ0n) is 17.2. The maximum Gasteiger partial charge on any atom is 0.102 e. The molecule has 0 aliphatic rings. The molecule has 2 heterocycles. The molecular weight excluding hydrogens is 390 g/mol. The van der Waals surface area contributed by atoms with Crippen molar-refractivity contribution < 1.29 is 0 Å². The van der Waals surface area contributed by atoms with E-state index in [0.29, 0.717) is 5.02 Å². The lowest BCUT2D eigenvalue weighted by atomic mass is 9.87. The smallest absolute Gasteiger partial charge is 0.102 e. The normalized spacial score (nSPS) is 12.0. The van der Waals surface area contributed by atoms with Crippen LogP contribution < -0.4 is 0 Å². The fourth-order valence-corrected chi connectivity index (χ4v) is 4.03. The Hall–Kier alpha value is -3.17. The second-order valence-corrected chi connectivity index (χ2v) is 9.04. The Morgan fingerprint density at radius 3 is 2.27 bits per heavy atom. The highest BCUT2D eigenvalue weighted by Crippen LogP contribution is 2.35. The van der Waals surface area contributed by atoms with E-state index in [1.807, 2.05) is 47.3 Å². The van der Waals surface area contributed by atoms with Crippen molar-refractivity contribution in [2.24, 2.45) is 0 Å². The highest BCUT2D eigenvalue weighted by atomic mass is 35.5. The second kappa shape index (κ2) is 6.96. The number of hydrogen-bond donors (Lipinski definition) is 0. The third-order valence-electron chi connectivity index (χ3n) is 5.49. The van der Waals surface area contributed by atoms with E-state index >= 15 is 0 Å². The third kappa shape index (κ3) is 3.16. The van der Waals surface area contributed by atoms with Crippen molar-refractivity contribution >= 4 is 33.4 Å². The van der Waals surface area contributed by atoms with E-state index in [4.69, 9.17) is 16.7 Å². The molecule has 0 saturated heterocycles. The molecule has 0 aliphatic heterocycles. The molecule has 148 valence electrons. The summed E-state index contributed by atoms with van der Waals surface area (Å²) in [5.41, 5.74) is 6.31. The number of fused-ring (bicyclic) bond motifs is 3. The molecular formula is C26H22ClN3. The van der Waals surface area contributed by atoms with Crippen LogP contribution in [0.1, 0.15) is 26.3 Å². The minimum Gasteiger partial charge on any atom is -0.255 e. The number of nitrogens with zero attached hydrogens (tertiary/aromatic N) is 3. The van der Waals surface area contributed by atoms with Gasteiger partial charge in [-0.25, -0.2) is 4.68 Å². The molecule has 0 N–H and O–H groups in total. The van der Waals surface area contributed by atoms with Gasteiger partial charge in [0.15, 0.2) is 0 Å². The van der Waals surface area contributed by atoms with E-state index in [1.165, 1.54) is 5.56 Å². The molecule has 5 aromatic rings. The summed E-state index contributed by atoms with van der Waals surface area (Å²) in [6, 6.07) is 24.7. The molecule has 4 heteroatoms. The molecule has 5 rings (SSSR count). The molecule has 0 atom stereocenters. The van der Waals surface area contributed by atoms with Crippen LogP contribution in [0.15, 0.2) is 79.0 Å². The summed E-state index contributed by atoms with van der Waals surface area (Å²) in [5.74, 6) is 0. The van der Waals surface area contributed by atoms with Crippen LogP contribution in [0.2, 0.25) is 5.02 Å². The highest BCUT2D eigenvalue weighted by Gasteiger charge is 2.18. The van der Waals surface area contributed by atoms with Gasteiger partial charge in [-0.1, -0.05) is 74.8 Å². The number of rotatable bonds is 2. The summed E-state index contributed by atoms with van der Waals surface area (Å²) >= 11 is 6.35. The molecule has 3 aromatic carbocycles. The van der Waals surface area contributed by atoms with Crippen molar-refractivity contribution in [2.75, 3.05) is 0 Å². The molecule has 0 fully saturated rings. The lowest BCUT2D eigenvalue weighted by Crippen LogP contribution is -2.11. The van der Waals surface area contributed by atoms with Gasteiger partial charge in [0.1, 0.15) is 5.69 Å². The summed E-state index contributed by atoms with van der Waals surface area (Å²) in [5, 5.41) is 7.73.